The first-order chi connectivity index (χ1) is 10.9. The SMILES string of the molecule is C[C@@H]1CS(=O)(=O)N(c2ccc(C(=O)N3CCOCC3)cc2)C1=O. The monoisotopic (exact) mass is 338 g/mol. The van der Waals surface area contributed by atoms with Gasteiger partial charge in [-0.05, 0) is 24.3 Å². The fourth-order valence-electron chi connectivity index (χ4n) is 2.78. The van der Waals surface area contributed by atoms with E-state index in [1.807, 2.05) is 0 Å². The molecule has 3 rings (SSSR count). The average Bonchev–Trinajstić information content (AvgIpc) is 2.75. The van der Waals surface area contributed by atoms with Crippen molar-refractivity contribution < 1.29 is 22.7 Å². The molecule has 0 spiro atoms. The Morgan fingerprint density at radius 1 is 1.17 bits per heavy atom. The number of hydrogen-bond donors (Lipinski definition) is 0. The molecular formula is C15H18N2O5S. The summed E-state index contributed by atoms with van der Waals surface area (Å²) >= 11 is 0. The predicted molar refractivity (Wildman–Crippen MR) is 83.6 cm³/mol. The molecule has 2 fully saturated rings. The molecule has 23 heavy (non-hydrogen) atoms. The van der Waals surface area contributed by atoms with Gasteiger partial charge in [0.05, 0.1) is 30.6 Å². The summed E-state index contributed by atoms with van der Waals surface area (Å²) in [6.45, 7) is 3.70. The Morgan fingerprint density at radius 2 is 1.78 bits per heavy atom. The van der Waals surface area contributed by atoms with Gasteiger partial charge in [0.2, 0.25) is 15.9 Å². The summed E-state index contributed by atoms with van der Waals surface area (Å²) in [6, 6.07) is 6.11. The van der Waals surface area contributed by atoms with Crippen LogP contribution in [0.25, 0.3) is 0 Å². The van der Waals surface area contributed by atoms with Gasteiger partial charge in [-0.25, -0.2) is 12.7 Å². The van der Waals surface area contributed by atoms with Crippen molar-refractivity contribution in [3.63, 3.8) is 0 Å². The highest BCUT2D eigenvalue weighted by Crippen LogP contribution is 2.28. The Morgan fingerprint density at radius 3 is 2.30 bits per heavy atom. The number of rotatable bonds is 2. The molecule has 0 aliphatic carbocycles. The molecule has 1 aromatic carbocycles. The number of anilines is 1. The minimum atomic E-state index is -3.62. The van der Waals surface area contributed by atoms with Crippen molar-refractivity contribution >= 4 is 27.5 Å². The van der Waals surface area contributed by atoms with Crippen LogP contribution in [0.4, 0.5) is 5.69 Å². The second kappa shape index (κ2) is 5.93. The third-order valence-corrected chi connectivity index (χ3v) is 5.88. The van der Waals surface area contributed by atoms with Gasteiger partial charge in [0.1, 0.15) is 0 Å². The van der Waals surface area contributed by atoms with Crippen molar-refractivity contribution in [2.75, 3.05) is 36.4 Å². The molecule has 2 saturated heterocycles. The molecule has 7 nitrogen and oxygen atoms in total. The van der Waals surface area contributed by atoms with Crippen LogP contribution < -0.4 is 4.31 Å². The second-order valence-electron chi connectivity index (χ2n) is 5.73. The maximum Gasteiger partial charge on any atom is 0.254 e. The lowest BCUT2D eigenvalue weighted by Crippen LogP contribution is -2.40. The molecule has 2 aliphatic heterocycles. The van der Waals surface area contributed by atoms with Crippen molar-refractivity contribution in [3.8, 4) is 0 Å². The lowest BCUT2D eigenvalue weighted by molar-refractivity contribution is -0.119. The van der Waals surface area contributed by atoms with Gasteiger partial charge in [0.15, 0.2) is 0 Å². The van der Waals surface area contributed by atoms with Crippen LogP contribution in [-0.2, 0) is 19.6 Å². The molecule has 8 heteroatoms. The van der Waals surface area contributed by atoms with Crippen molar-refractivity contribution in [2.24, 2.45) is 5.92 Å². The molecular weight excluding hydrogens is 320 g/mol. The first kappa shape index (κ1) is 15.9. The highest BCUT2D eigenvalue weighted by molar-refractivity contribution is 7.94. The zero-order chi connectivity index (χ0) is 16.6. The zero-order valence-corrected chi connectivity index (χ0v) is 13.6. The number of amides is 2. The van der Waals surface area contributed by atoms with Gasteiger partial charge in [-0.2, -0.15) is 0 Å². The van der Waals surface area contributed by atoms with Gasteiger partial charge in [-0.1, -0.05) is 6.92 Å². The highest BCUT2D eigenvalue weighted by Gasteiger charge is 2.41. The summed E-state index contributed by atoms with van der Waals surface area (Å²) in [6.07, 6.45) is 0. The maximum atomic E-state index is 12.3. The molecule has 0 radical (unpaired) electrons. The van der Waals surface area contributed by atoms with E-state index < -0.39 is 21.8 Å². The maximum absolute atomic E-state index is 12.3. The molecule has 2 amide bonds. The first-order valence-electron chi connectivity index (χ1n) is 7.44. The lowest BCUT2D eigenvalue weighted by Gasteiger charge is -2.27. The number of ether oxygens (including phenoxy) is 1. The Balaban J connectivity index is 1.82. The molecule has 0 N–H and O–H groups in total. The fourth-order valence-corrected chi connectivity index (χ4v) is 4.60. The van der Waals surface area contributed by atoms with Crippen LogP contribution in [-0.4, -0.2) is 57.2 Å². The number of benzene rings is 1. The second-order valence-corrected chi connectivity index (χ2v) is 7.60. The molecule has 2 aliphatic rings. The molecule has 0 aromatic heterocycles. The molecule has 0 saturated carbocycles. The van der Waals surface area contributed by atoms with Crippen molar-refractivity contribution in [2.45, 2.75) is 6.92 Å². The molecule has 0 unspecified atom stereocenters. The summed E-state index contributed by atoms with van der Waals surface area (Å²) < 4.78 is 30.2. The molecule has 1 atom stereocenters. The Labute approximate surface area is 134 Å². The Kier molecular flexibility index (Phi) is 4.11. The topological polar surface area (TPSA) is 84.0 Å². The van der Waals surface area contributed by atoms with Gasteiger partial charge in [-0.15, -0.1) is 0 Å². The van der Waals surface area contributed by atoms with E-state index in [2.05, 4.69) is 0 Å². The van der Waals surface area contributed by atoms with Gasteiger partial charge in [0, 0.05) is 18.7 Å². The van der Waals surface area contributed by atoms with Gasteiger partial charge in [-0.3, -0.25) is 9.59 Å². The van der Waals surface area contributed by atoms with E-state index in [9.17, 15) is 18.0 Å². The standard InChI is InChI=1S/C15H18N2O5S/c1-11-10-23(20,21)17(14(11)18)13-4-2-12(3-5-13)15(19)16-6-8-22-9-7-16/h2-5,11H,6-10H2,1H3/t11-/m1/s1. The minimum Gasteiger partial charge on any atom is -0.378 e. The van der Waals surface area contributed by atoms with Crippen LogP contribution in [0.15, 0.2) is 24.3 Å². The molecule has 124 valence electrons. The van der Waals surface area contributed by atoms with Crippen LogP contribution in [0, 0.1) is 5.92 Å². The van der Waals surface area contributed by atoms with E-state index in [1.54, 1.807) is 24.0 Å². The summed E-state index contributed by atoms with van der Waals surface area (Å²) in [5.41, 5.74) is 0.741. The van der Waals surface area contributed by atoms with Crippen molar-refractivity contribution in [1.29, 1.82) is 0 Å². The van der Waals surface area contributed by atoms with Crippen LogP contribution in [0.5, 0.6) is 0 Å². The third kappa shape index (κ3) is 2.96. The Bertz CT molecular complexity index is 723. The normalized spacial score (nSPS) is 24.0. The van der Waals surface area contributed by atoms with E-state index >= 15 is 0 Å². The third-order valence-electron chi connectivity index (χ3n) is 4.01. The van der Waals surface area contributed by atoms with E-state index in [0.29, 0.717) is 31.9 Å². The summed E-state index contributed by atoms with van der Waals surface area (Å²) in [5.74, 6) is -1.28. The summed E-state index contributed by atoms with van der Waals surface area (Å²) in [4.78, 5) is 26.1. The number of morpholine rings is 1. The number of carbonyl (C=O) groups is 2. The van der Waals surface area contributed by atoms with E-state index in [4.69, 9.17) is 4.74 Å². The lowest BCUT2D eigenvalue weighted by atomic mass is 10.1. The number of nitrogens with zero attached hydrogens (tertiary/aromatic N) is 2. The smallest absolute Gasteiger partial charge is 0.254 e. The van der Waals surface area contributed by atoms with Crippen LogP contribution in [0.1, 0.15) is 17.3 Å². The zero-order valence-electron chi connectivity index (χ0n) is 12.8. The summed E-state index contributed by atoms with van der Waals surface area (Å²) in [7, 11) is -3.62. The summed E-state index contributed by atoms with van der Waals surface area (Å²) in [5, 5.41) is 0. The van der Waals surface area contributed by atoms with Crippen LogP contribution in [0.2, 0.25) is 0 Å². The van der Waals surface area contributed by atoms with E-state index in [0.717, 1.165) is 4.31 Å². The van der Waals surface area contributed by atoms with Crippen molar-refractivity contribution in [3.05, 3.63) is 29.8 Å². The Hall–Kier alpha value is -1.93. The highest BCUT2D eigenvalue weighted by atomic mass is 32.2. The van der Waals surface area contributed by atoms with Crippen molar-refractivity contribution in [1.82, 2.24) is 4.90 Å². The van der Waals surface area contributed by atoms with Gasteiger partial charge in [0.25, 0.3) is 5.91 Å². The average molecular weight is 338 g/mol. The van der Waals surface area contributed by atoms with E-state index in [-0.39, 0.29) is 17.3 Å². The van der Waals surface area contributed by atoms with Crippen LogP contribution >= 0.6 is 0 Å². The largest absolute Gasteiger partial charge is 0.378 e. The molecule has 1 aromatic rings. The van der Waals surface area contributed by atoms with Gasteiger partial charge >= 0.3 is 0 Å². The number of hydrogen-bond acceptors (Lipinski definition) is 5. The predicted octanol–water partition coefficient (Wildman–Crippen LogP) is 0.472. The first-order valence-corrected chi connectivity index (χ1v) is 9.05. The van der Waals surface area contributed by atoms with Crippen LogP contribution in [0.3, 0.4) is 0 Å². The quantitative estimate of drug-likeness (QED) is 0.783. The minimum absolute atomic E-state index is 0.121. The molecule has 2 heterocycles. The fraction of sp³-hybridized carbons (Fsp3) is 0.467. The van der Waals surface area contributed by atoms with E-state index in [1.165, 1.54) is 12.1 Å². The number of sulfonamides is 1. The van der Waals surface area contributed by atoms with Gasteiger partial charge < -0.3 is 9.64 Å². The number of carbonyl (C=O) groups excluding carboxylic acids is 2. The molecule has 0 bridgehead atoms.